The highest BCUT2D eigenvalue weighted by molar-refractivity contribution is 5.34. The van der Waals surface area contributed by atoms with E-state index < -0.39 is 0 Å². The Morgan fingerprint density at radius 1 is 1.06 bits per heavy atom. The van der Waals surface area contributed by atoms with Crippen LogP contribution in [0.25, 0.3) is 0 Å². The maximum absolute atomic E-state index is 5.09. The van der Waals surface area contributed by atoms with Gasteiger partial charge in [0.1, 0.15) is 6.26 Å². The smallest absolute Gasteiger partial charge is 0.124 e. The van der Waals surface area contributed by atoms with Gasteiger partial charge in [-0.2, -0.15) is 0 Å². The summed E-state index contributed by atoms with van der Waals surface area (Å²) < 4.78 is 5.09. The highest BCUT2D eigenvalue weighted by atomic mass is 16.5. The van der Waals surface area contributed by atoms with Crippen molar-refractivity contribution in [1.29, 1.82) is 0 Å². The second kappa shape index (κ2) is 3.71. The van der Waals surface area contributed by atoms with Crippen molar-refractivity contribution in [3.05, 3.63) is 53.9 Å². The van der Waals surface area contributed by atoms with E-state index in [-0.39, 0.29) is 5.41 Å². The molecule has 18 heavy (non-hydrogen) atoms. The van der Waals surface area contributed by atoms with E-state index in [0.29, 0.717) is 5.92 Å². The first kappa shape index (κ1) is 10.4. The molecule has 2 nitrogen and oxygen atoms in total. The molecular weight excluding hydrogens is 222 g/mol. The fourth-order valence-corrected chi connectivity index (χ4v) is 4.17. The molecule has 1 unspecified atom stereocenters. The lowest BCUT2D eigenvalue weighted by Gasteiger charge is -2.56. The fraction of sp³-hybridized carbons (Fsp3) is 0.438. The molecule has 1 heterocycles. The predicted octanol–water partition coefficient (Wildman–Crippen LogP) is 3.90. The van der Waals surface area contributed by atoms with Gasteiger partial charge in [0.25, 0.3) is 0 Å². The first-order chi connectivity index (χ1) is 8.88. The van der Waals surface area contributed by atoms with Gasteiger partial charge >= 0.3 is 0 Å². The molecule has 0 aliphatic heterocycles. The molecule has 3 saturated carbocycles. The summed E-state index contributed by atoms with van der Waals surface area (Å²) >= 11 is 0. The Morgan fingerprint density at radius 2 is 1.89 bits per heavy atom. The Balaban J connectivity index is 1.77. The summed E-state index contributed by atoms with van der Waals surface area (Å²) in [4.78, 5) is 0. The molecule has 5 rings (SSSR count). The van der Waals surface area contributed by atoms with E-state index in [1.54, 1.807) is 6.26 Å². The van der Waals surface area contributed by atoms with E-state index in [2.05, 4.69) is 41.6 Å². The van der Waals surface area contributed by atoms with Crippen molar-refractivity contribution in [1.82, 2.24) is 5.16 Å². The third-order valence-corrected chi connectivity index (χ3v) is 4.99. The number of aromatic nitrogens is 1. The summed E-state index contributed by atoms with van der Waals surface area (Å²) in [6.07, 6.45) is 6.97. The summed E-state index contributed by atoms with van der Waals surface area (Å²) in [7, 11) is 0. The van der Waals surface area contributed by atoms with Crippen LogP contribution in [-0.4, -0.2) is 5.16 Å². The van der Waals surface area contributed by atoms with E-state index in [0.717, 1.165) is 5.92 Å². The van der Waals surface area contributed by atoms with Crippen molar-refractivity contribution < 1.29 is 4.52 Å². The van der Waals surface area contributed by atoms with Crippen molar-refractivity contribution in [2.75, 3.05) is 0 Å². The minimum absolute atomic E-state index is 0.261. The zero-order valence-corrected chi connectivity index (χ0v) is 10.4. The molecule has 3 fully saturated rings. The van der Waals surface area contributed by atoms with E-state index in [4.69, 9.17) is 4.52 Å². The molecule has 0 spiro atoms. The Hall–Kier alpha value is -1.57. The van der Waals surface area contributed by atoms with E-state index in [9.17, 15) is 0 Å². The lowest BCUT2D eigenvalue weighted by molar-refractivity contribution is 0.0391. The first-order valence-electron chi connectivity index (χ1n) is 6.84. The molecule has 0 N–H and O–H groups in total. The minimum Gasteiger partial charge on any atom is -0.364 e. The maximum atomic E-state index is 5.09. The quantitative estimate of drug-likeness (QED) is 0.794. The molecule has 1 aromatic carbocycles. The van der Waals surface area contributed by atoms with E-state index in [1.165, 1.54) is 36.9 Å². The van der Waals surface area contributed by atoms with Gasteiger partial charge in [-0.05, 0) is 43.1 Å². The Labute approximate surface area is 107 Å². The maximum Gasteiger partial charge on any atom is 0.124 e. The summed E-state index contributed by atoms with van der Waals surface area (Å²) in [5.41, 5.74) is 2.91. The van der Waals surface area contributed by atoms with Gasteiger partial charge in [0, 0.05) is 11.5 Å². The van der Waals surface area contributed by atoms with Crippen LogP contribution < -0.4 is 0 Å². The van der Waals surface area contributed by atoms with Crippen LogP contribution in [0.3, 0.4) is 0 Å². The monoisotopic (exact) mass is 239 g/mol. The number of hydrogen-bond acceptors (Lipinski definition) is 2. The summed E-state index contributed by atoms with van der Waals surface area (Å²) in [5, 5.41) is 4.25. The van der Waals surface area contributed by atoms with Crippen LogP contribution in [0.1, 0.15) is 42.9 Å². The number of fused-ring (bicyclic) bond motifs is 2. The normalized spacial score (nSPS) is 34.0. The summed E-state index contributed by atoms with van der Waals surface area (Å²) in [6, 6.07) is 13.0. The topological polar surface area (TPSA) is 26.0 Å². The molecule has 0 radical (unpaired) electrons. The van der Waals surface area contributed by atoms with Crippen LogP contribution >= 0.6 is 0 Å². The highest BCUT2D eigenvalue weighted by Crippen LogP contribution is 2.62. The standard InChI is InChI=1S/C16H17NO/c1-2-4-13(5-3-1)14-7-6-12-10-16(14,11-12)15-8-9-18-17-15/h1-5,8-9,12,14H,6-7,10-11H2. The van der Waals surface area contributed by atoms with E-state index in [1.807, 2.05) is 0 Å². The van der Waals surface area contributed by atoms with Crippen molar-refractivity contribution in [3.63, 3.8) is 0 Å². The zero-order valence-electron chi connectivity index (χ0n) is 10.4. The van der Waals surface area contributed by atoms with Crippen LogP contribution in [0, 0.1) is 5.92 Å². The zero-order chi connectivity index (χ0) is 12.0. The van der Waals surface area contributed by atoms with Crippen molar-refractivity contribution in [2.24, 2.45) is 5.92 Å². The fourth-order valence-electron chi connectivity index (χ4n) is 4.17. The van der Waals surface area contributed by atoms with Gasteiger partial charge in [-0.3, -0.25) is 0 Å². The number of rotatable bonds is 2. The minimum atomic E-state index is 0.261. The van der Waals surface area contributed by atoms with Gasteiger partial charge in [-0.25, -0.2) is 0 Å². The Morgan fingerprint density at radius 3 is 2.61 bits per heavy atom. The molecule has 2 heteroatoms. The number of benzene rings is 1. The average molecular weight is 239 g/mol. The van der Waals surface area contributed by atoms with Crippen molar-refractivity contribution >= 4 is 0 Å². The van der Waals surface area contributed by atoms with Crippen LogP contribution in [0.5, 0.6) is 0 Å². The number of nitrogens with zero attached hydrogens (tertiary/aromatic N) is 1. The van der Waals surface area contributed by atoms with Crippen LogP contribution in [0.2, 0.25) is 0 Å². The molecular formula is C16H17NO. The lowest BCUT2D eigenvalue weighted by Crippen LogP contribution is -2.50. The third-order valence-electron chi connectivity index (χ3n) is 4.99. The van der Waals surface area contributed by atoms with Crippen LogP contribution in [0.4, 0.5) is 0 Å². The Bertz CT molecular complexity index is 525. The predicted molar refractivity (Wildman–Crippen MR) is 69.3 cm³/mol. The summed E-state index contributed by atoms with van der Waals surface area (Å²) in [6.45, 7) is 0. The average Bonchev–Trinajstić information content (AvgIpc) is 2.93. The second-order valence-electron chi connectivity index (χ2n) is 5.86. The molecule has 1 aromatic heterocycles. The molecule has 1 atom stereocenters. The third kappa shape index (κ3) is 1.32. The van der Waals surface area contributed by atoms with Gasteiger partial charge < -0.3 is 4.52 Å². The first-order valence-corrected chi connectivity index (χ1v) is 6.84. The summed E-state index contributed by atoms with van der Waals surface area (Å²) in [5.74, 6) is 1.54. The molecule has 0 amide bonds. The second-order valence-corrected chi connectivity index (χ2v) is 5.86. The van der Waals surface area contributed by atoms with Crippen LogP contribution in [-0.2, 0) is 5.41 Å². The Kier molecular flexibility index (Phi) is 2.14. The largest absolute Gasteiger partial charge is 0.364 e. The molecule has 3 aliphatic rings. The lowest BCUT2D eigenvalue weighted by atomic mass is 9.47. The molecule has 2 aromatic rings. The molecule has 2 bridgehead atoms. The van der Waals surface area contributed by atoms with Gasteiger partial charge in [0.2, 0.25) is 0 Å². The van der Waals surface area contributed by atoms with Crippen LogP contribution in [0.15, 0.2) is 47.2 Å². The van der Waals surface area contributed by atoms with Crippen molar-refractivity contribution in [2.45, 2.75) is 37.0 Å². The van der Waals surface area contributed by atoms with Gasteiger partial charge in [-0.15, -0.1) is 0 Å². The van der Waals surface area contributed by atoms with Gasteiger partial charge in [0.05, 0.1) is 5.69 Å². The van der Waals surface area contributed by atoms with Gasteiger partial charge in [-0.1, -0.05) is 35.5 Å². The van der Waals surface area contributed by atoms with E-state index >= 15 is 0 Å². The molecule has 0 saturated heterocycles. The highest BCUT2D eigenvalue weighted by Gasteiger charge is 2.55. The van der Waals surface area contributed by atoms with Crippen molar-refractivity contribution in [3.8, 4) is 0 Å². The SMILES string of the molecule is c1ccc(C2CCC3CC2(c2ccon2)C3)cc1. The van der Waals surface area contributed by atoms with Gasteiger partial charge in [0.15, 0.2) is 0 Å². The number of hydrogen-bond donors (Lipinski definition) is 0. The molecule has 3 aliphatic carbocycles. The molecule has 92 valence electrons.